The summed E-state index contributed by atoms with van der Waals surface area (Å²) in [7, 11) is 1.66. The average Bonchev–Trinajstić information content (AvgIpc) is 2.25. The van der Waals surface area contributed by atoms with Crippen LogP contribution in [-0.4, -0.2) is 26.9 Å². The molecule has 4 nitrogen and oxygen atoms in total. The van der Waals surface area contributed by atoms with Crippen LogP contribution in [0.5, 0.6) is 11.5 Å². The molecule has 1 aliphatic rings. The topological polar surface area (TPSA) is 52.6 Å². The maximum atomic E-state index is 10.8. The fraction of sp³-hybridized carbons (Fsp3) is 0.400. The van der Waals surface area contributed by atoms with Gasteiger partial charge in [-0.15, -0.1) is 0 Å². The van der Waals surface area contributed by atoms with Gasteiger partial charge in [-0.25, -0.2) is 8.42 Å². The second-order valence-corrected chi connectivity index (χ2v) is 6.43. The number of hydrogen-bond donors (Lipinski definition) is 0. The molecule has 88 valence electrons. The minimum Gasteiger partial charge on any atom is -0.486 e. The second-order valence-electron chi connectivity index (χ2n) is 3.53. The van der Waals surface area contributed by atoms with E-state index >= 15 is 0 Å². The first-order valence-corrected chi connectivity index (χ1v) is 7.33. The smallest absolute Gasteiger partial charge is 0.232 e. The highest BCUT2D eigenvalue weighted by atomic mass is 35.7. The maximum absolute atomic E-state index is 10.8. The van der Waals surface area contributed by atoms with Crippen molar-refractivity contribution in [2.75, 3.05) is 12.4 Å². The maximum Gasteiger partial charge on any atom is 0.232 e. The Hall–Kier alpha value is -0.940. The molecule has 1 aromatic rings. The summed E-state index contributed by atoms with van der Waals surface area (Å²) in [5.41, 5.74) is 0. The number of rotatable bonds is 3. The summed E-state index contributed by atoms with van der Waals surface area (Å²) in [5.74, 6) is 1.23. The van der Waals surface area contributed by atoms with E-state index in [1.165, 1.54) is 0 Å². The Kier molecular flexibility index (Phi) is 3.25. The SMILES string of the molecule is O=S(=O)(Cl)CCC1COc2ccccc2O1. The van der Waals surface area contributed by atoms with Crippen LogP contribution in [0.25, 0.3) is 0 Å². The van der Waals surface area contributed by atoms with Gasteiger partial charge in [-0.3, -0.25) is 0 Å². The number of para-hydroxylation sites is 2. The lowest BCUT2D eigenvalue weighted by molar-refractivity contribution is 0.0890. The van der Waals surface area contributed by atoms with Gasteiger partial charge in [0.05, 0.1) is 5.75 Å². The predicted molar refractivity (Wildman–Crippen MR) is 60.6 cm³/mol. The molecule has 1 unspecified atom stereocenters. The van der Waals surface area contributed by atoms with Crippen LogP contribution < -0.4 is 9.47 Å². The normalized spacial score (nSPS) is 19.4. The molecule has 0 bridgehead atoms. The molecule has 1 aromatic carbocycles. The Labute approximate surface area is 98.5 Å². The van der Waals surface area contributed by atoms with E-state index in [4.69, 9.17) is 20.2 Å². The van der Waals surface area contributed by atoms with Crippen LogP contribution in [0.15, 0.2) is 24.3 Å². The number of ether oxygens (including phenoxy) is 2. The largest absolute Gasteiger partial charge is 0.486 e. The first-order valence-electron chi connectivity index (χ1n) is 4.85. The second kappa shape index (κ2) is 4.51. The molecule has 16 heavy (non-hydrogen) atoms. The third-order valence-electron chi connectivity index (χ3n) is 2.25. The van der Waals surface area contributed by atoms with E-state index in [2.05, 4.69) is 0 Å². The number of hydrogen-bond acceptors (Lipinski definition) is 4. The Balaban J connectivity index is 1.98. The number of fused-ring (bicyclic) bond motifs is 1. The van der Waals surface area contributed by atoms with Crippen LogP contribution in [0.1, 0.15) is 6.42 Å². The standard InChI is InChI=1S/C10H11ClO4S/c11-16(12,13)6-5-8-7-14-9-3-1-2-4-10(9)15-8/h1-4,8H,5-7H2. The predicted octanol–water partition coefficient (Wildman–Crippen LogP) is 1.79. The van der Waals surface area contributed by atoms with Crippen LogP contribution in [0, 0.1) is 0 Å². The lowest BCUT2D eigenvalue weighted by Gasteiger charge is -2.25. The fourth-order valence-electron chi connectivity index (χ4n) is 1.48. The van der Waals surface area contributed by atoms with Gasteiger partial charge in [-0.2, -0.15) is 0 Å². The van der Waals surface area contributed by atoms with Gasteiger partial charge in [-0.05, 0) is 12.1 Å². The Bertz CT molecular complexity index is 471. The monoisotopic (exact) mass is 262 g/mol. The van der Waals surface area contributed by atoms with Crippen LogP contribution in [-0.2, 0) is 9.05 Å². The van der Waals surface area contributed by atoms with Gasteiger partial charge in [0.25, 0.3) is 0 Å². The van der Waals surface area contributed by atoms with Gasteiger partial charge >= 0.3 is 0 Å². The molecule has 0 aliphatic carbocycles. The zero-order chi connectivity index (χ0) is 11.6. The summed E-state index contributed by atoms with van der Waals surface area (Å²) in [6.07, 6.45) is 0.0728. The van der Waals surface area contributed by atoms with Gasteiger partial charge in [-0.1, -0.05) is 12.1 Å². The third kappa shape index (κ3) is 3.02. The molecule has 0 spiro atoms. The van der Waals surface area contributed by atoms with Gasteiger partial charge in [0.1, 0.15) is 12.7 Å². The van der Waals surface area contributed by atoms with Gasteiger partial charge in [0.2, 0.25) is 9.05 Å². The van der Waals surface area contributed by atoms with Crippen LogP contribution >= 0.6 is 10.7 Å². The van der Waals surface area contributed by atoms with Crippen LogP contribution in [0.4, 0.5) is 0 Å². The first-order chi connectivity index (χ1) is 7.54. The van der Waals surface area contributed by atoms with Crippen molar-refractivity contribution in [1.82, 2.24) is 0 Å². The molecule has 1 aliphatic heterocycles. The summed E-state index contributed by atoms with van der Waals surface area (Å²) < 4.78 is 32.6. The van der Waals surface area contributed by atoms with E-state index in [0.29, 0.717) is 24.5 Å². The summed E-state index contributed by atoms with van der Waals surface area (Å²) in [5, 5.41) is 0. The molecule has 1 atom stereocenters. The van der Waals surface area contributed by atoms with Crippen molar-refractivity contribution in [2.45, 2.75) is 12.5 Å². The average molecular weight is 263 g/mol. The summed E-state index contributed by atoms with van der Waals surface area (Å²) in [6, 6.07) is 7.29. The number of benzene rings is 1. The third-order valence-corrected chi connectivity index (χ3v) is 3.44. The molecule has 0 saturated heterocycles. The van der Waals surface area contributed by atoms with Gasteiger partial charge in [0.15, 0.2) is 11.5 Å². The quantitative estimate of drug-likeness (QED) is 0.780. The van der Waals surface area contributed by atoms with Crippen LogP contribution in [0.2, 0.25) is 0 Å². The van der Waals surface area contributed by atoms with E-state index in [1.54, 1.807) is 6.07 Å². The van der Waals surface area contributed by atoms with Crippen molar-refractivity contribution < 1.29 is 17.9 Å². The molecular formula is C10H11ClO4S. The molecule has 6 heteroatoms. The van der Waals surface area contributed by atoms with E-state index in [1.807, 2.05) is 18.2 Å². The Morgan fingerprint density at radius 2 is 2.00 bits per heavy atom. The Morgan fingerprint density at radius 3 is 2.69 bits per heavy atom. The zero-order valence-electron chi connectivity index (χ0n) is 8.43. The van der Waals surface area contributed by atoms with Crippen molar-refractivity contribution in [3.63, 3.8) is 0 Å². The van der Waals surface area contributed by atoms with Crippen molar-refractivity contribution in [3.05, 3.63) is 24.3 Å². The summed E-state index contributed by atoms with van der Waals surface area (Å²) >= 11 is 0. The van der Waals surface area contributed by atoms with E-state index in [0.717, 1.165) is 0 Å². The highest BCUT2D eigenvalue weighted by Gasteiger charge is 2.22. The van der Waals surface area contributed by atoms with Crippen molar-refractivity contribution in [2.24, 2.45) is 0 Å². The van der Waals surface area contributed by atoms with E-state index in [9.17, 15) is 8.42 Å². The van der Waals surface area contributed by atoms with Crippen molar-refractivity contribution >= 4 is 19.7 Å². The number of halogens is 1. The van der Waals surface area contributed by atoms with Crippen molar-refractivity contribution in [1.29, 1.82) is 0 Å². The molecule has 0 amide bonds. The van der Waals surface area contributed by atoms with Crippen LogP contribution in [0.3, 0.4) is 0 Å². The molecule has 0 fully saturated rings. The van der Waals surface area contributed by atoms with Gasteiger partial charge < -0.3 is 9.47 Å². The fourth-order valence-corrected chi connectivity index (χ4v) is 2.29. The lowest BCUT2D eigenvalue weighted by atomic mass is 10.2. The highest BCUT2D eigenvalue weighted by Crippen LogP contribution is 2.31. The lowest BCUT2D eigenvalue weighted by Crippen LogP contribution is -2.30. The molecule has 1 heterocycles. The molecule has 0 N–H and O–H groups in total. The molecular weight excluding hydrogens is 252 g/mol. The van der Waals surface area contributed by atoms with Gasteiger partial charge in [0, 0.05) is 17.1 Å². The highest BCUT2D eigenvalue weighted by molar-refractivity contribution is 8.13. The summed E-state index contributed by atoms with van der Waals surface area (Å²) in [6.45, 7) is 0.351. The molecule has 2 rings (SSSR count). The van der Waals surface area contributed by atoms with E-state index < -0.39 is 9.05 Å². The molecule has 0 saturated carbocycles. The molecule has 0 radical (unpaired) electrons. The van der Waals surface area contributed by atoms with Crippen molar-refractivity contribution in [3.8, 4) is 11.5 Å². The first kappa shape index (κ1) is 11.5. The summed E-state index contributed by atoms with van der Waals surface area (Å²) in [4.78, 5) is 0. The minimum absolute atomic E-state index is 0.106. The van der Waals surface area contributed by atoms with E-state index in [-0.39, 0.29) is 11.9 Å². The minimum atomic E-state index is -3.46. The zero-order valence-corrected chi connectivity index (χ0v) is 10.00. The Morgan fingerprint density at radius 1 is 1.31 bits per heavy atom. The molecule has 0 aromatic heterocycles.